The topological polar surface area (TPSA) is 51.0 Å². The minimum atomic E-state index is 0.293. The zero-order valence-corrected chi connectivity index (χ0v) is 10.7. The van der Waals surface area contributed by atoms with E-state index in [0.29, 0.717) is 11.8 Å². The molecule has 4 heteroatoms. The van der Waals surface area contributed by atoms with Gasteiger partial charge in [0, 0.05) is 23.7 Å². The second-order valence-electron chi connectivity index (χ2n) is 5.01. The summed E-state index contributed by atoms with van der Waals surface area (Å²) in [6.45, 7) is 5.18. The Labute approximate surface area is 106 Å². The molecule has 1 aliphatic rings. The summed E-state index contributed by atoms with van der Waals surface area (Å²) < 4.78 is 5.32. The van der Waals surface area contributed by atoms with Crippen molar-refractivity contribution in [2.75, 3.05) is 11.9 Å². The summed E-state index contributed by atoms with van der Waals surface area (Å²) in [4.78, 5) is 4.43. The largest absolute Gasteiger partial charge is 0.385 e. The normalized spacial score (nSPS) is 14.4. The van der Waals surface area contributed by atoms with Crippen LogP contribution in [0.4, 0.5) is 5.69 Å². The number of benzene rings is 1. The van der Waals surface area contributed by atoms with Crippen LogP contribution >= 0.6 is 0 Å². The van der Waals surface area contributed by atoms with Gasteiger partial charge in [-0.25, -0.2) is 0 Å². The third-order valence-corrected chi connectivity index (χ3v) is 3.25. The van der Waals surface area contributed by atoms with Crippen molar-refractivity contribution in [1.82, 2.24) is 10.1 Å². The first-order chi connectivity index (χ1) is 8.74. The molecular formula is C14H17N3O. The summed E-state index contributed by atoms with van der Waals surface area (Å²) in [7, 11) is 0. The predicted octanol–water partition coefficient (Wildman–Crippen LogP) is 3.22. The molecule has 0 saturated heterocycles. The summed E-state index contributed by atoms with van der Waals surface area (Å²) in [6.07, 6.45) is 2.29. The number of nitrogens with zero attached hydrogens (tertiary/aromatic N) is 2. The average Bonchev–Trinajstić information content (AvgIpc) is 2.88. The maximum absolute atomic E-state index is 5.32. The van der Waals surface area contributed by atoms with Crippen molar-refractivity contribution in [2.24, 2.45) is 0 Å². The number of hydrogen-bond donors (Lipinski definition) is 1. The standard InChI is InChI=1S/C14H17N3O/c1-9(2)13-16-14(18-17-13)11-5-6-12-10(8-11)4-3-7-15-12/h5-6,8-9,15H,3-4,7H2,1-2H3. The summed E-state index contributed by atoms with van der Waals surface area (Å²) in [5.74, 6) is 1.68. The van der Waals surface area contributed by atoms with Crippen LogP contribution in [0, 0.1) is 0 Å². The number of aromatic nitrogens is 2. The third kappa shape index (κ3) is 1.98. The lowest BCUT2D eigenvalue weighted by atomic mass is 10.0. The monoisotopic (exact) mass is 243 g/mol. The van der Waals surface area contributed by atoms with Crippen LogP contribution in [0.15, 0.2) is 22.7 Å². The number of anilines is 1. The van der Waals surface area contributed by atoms with Gasteiger partial charge in [0.1, 0.15) is 0 Å². The molecule has 1 aromatic carbocycles. The number of nitrogens with one attached hydrogen (secondary N) is 1. The quantitative estimate of drug-likeness (QED) is 0.879. The first-order valence-electron chi connectivity index (χ1n) is 6.45. The molecule has 0 unspecified atom stereocenters. The van der Waals surface area contributed by atoms with Gasteiger partial charge < -0.3 is 9.84 Å². The van der Waals surface area contributed by atoms with E-state index >= 15 is 0 Å². The van der Waals surface area contributed by atoms with Crippen molar-refractivity contribution in [1.29, 1.82) is 0 Å². The van der Waals surface area contributed by atoms with E-state index in [1.54, 1.807) is 0 Å². The van der Waals surface area contributed by atoms with Gasteiger partial charge in [-0.15, -0.1) is 0 Å². The van der Waals surface area contributed by atoms with Gasteiger partial charge in [0.2, 0.25) is 0 Å². The Hall–Kier alpha value is -1.84. The molecule has 0 radical (unpaired) electrons. The van der Waals surface area contributed by atoms with Gasteiger partial charge in [0.05, 0.1) is 0 Å². The highest BCUT2D eigenvalue weighted by Gasteiger charge is 2.14. The zero-order valence-electron chi connectivity index (χ0n) is 10.7. The summed E-state index contributed by atoms with van der Waals surface area (Å²) in [5, 5.41) is 7.40. The lowest BCUT2D eigenvalue weighted by molar-refractivity contribution is 0.419. The fourth-order valence-corrected chi connectivity index (χ4v) is 2.19. The van der Waals surface area contributed by atoms with Crippen LogP contribution < -0.4 is 5.32 Å². The third-order valence-electron chi connectivity index (χ3n) is 3.25. The molecule has 1 aliphatic heterocycles. The van der Waals surface area contributed by atoms with Crippen molar-refractivity contribution in [3.8, 4) is 11.5 Å². The molecule has 1 N–H and O–H groups in total. The molecular weight excluding hydrogens is 226 g/mol. The van der Waals surface area contributed by atoms with Crippen molar-refractivity contribution in [3.63, 3.8) is 0 Å². The van der Waals surface area contributed by atoms with Crippen LogP contribution in [0.1, 0.15) is 37.6 Å². The lowest BCUT2D eigenvalue weighted by Crippen LogP contribution is -2.11. The SMILES string of the molecule is CC(C)c1noc(-c2ccc3c(c2)CCCN3)n1. The molecule has 0 aliphatic carbocycles. The van der Waals surface area contributed by atoms with Crippen molar-refractivity contribution in [2.45, 2.75) is 32.6 Å². The first kappa shape index (κ1) is 11.3. The second-order valence-corrected chi connectivity index (χ2v) is 5.01. The van der Waals surface area contributed by atoms with E-state index in [-0.39, 0.29) is 0 Å². The highest BCUT2D eigenvalue weighted by Crippen LogP contribution is 2.28. The Morgan fingerprint density at radius 1 is 1.33 bits per heavy atom. The number of hydrogen-bond acceptors (Lipinski definition) is 4. The van der Waals surface area contributed by atoms with E-state index < -0.39 is 0 Å². The van der Waals surface area contributed by atoms with E-state index in [1.165, 1.54) is 17.7 Å². The molecule has 2 heterocycles. The summed E-state index contributed by atoms with van der Waals surface area (Å²) in [5.41, 5.74) is 3.58. The Kier molecular flexibility index (Phi) is 2.78. The molecule has 2 aromatic rings. The molecule has 3 rings (SSSR count). The van der Waals surface area contributed by atoms with Crippen LogP contribution in [0.5, 0.6) is 0 Å². The van der Waals surface area contributed by atoms with Crippen LogP contribution in [-0.4, -0.2) is 16.7 Å². The molecule has 94 valence electrons. The highest BCUT2D eigenvalue weighted by atomic mass is 16.5. The van der Waals surface area contributed by atoms with E-state index in [0.717, 1.165) is 24.4 Å². The van der Waals surface area contributed by atoms with Crippen LogP contribution in [0.2, 0.25) is 0 Å². The summed E-state index contributed by atoms with van der Waals surface area (Å²) in [6, 6.07) is 6.29. The minimum Gasteiger partial charge on any atom is -0.385 e. The van der Waals surface area contributed by atoms with E-state index in [4.69, 9.17) is 4.52 Å². The highest BCUT2D eigenvalue weighted by molar-refractivity contribution is 5.63. The Balaban J connectivity index is 1.95. The first-order valence-corrected chi connectivity index (χ1v) is 6.45. The average molecular weight is 243 g/mol. The molecule has 18 heavy (non-hydrogen) atoms. The van der Waals surface area contributed by atoms with Gasteiger partial charge in [0.15, 0.2) is 5.82 Å². The zero-order chi connectivity index (χ0) is 12.5. The smallest absolute Gasteiger partial charge is 0.257 e. The van der Waals surface area contributed by atoms with Crippen molar-refractivity contribution >= 4 is 5.69 Å². The molecule has 0 amide bonds. The second kappa shape index (κ2) is 4.44. The molecule has 4 nitrogen and oxygen atoms in total. The molecule has 0 spiro atoms. The molecule has 0 saturated carbocycles. The Morgan fingerprint density at radius 3 is 3.00 bits per heavy atom. The van der Waals surface area contributed by atoms with Crippen molar-refractivity contribution in [3.05, 3.63) is 29.6 Å². The fourth-order valence-electron chi connectivity index (χ4n) is 2.19. The summed E-state index contributed by atoms with van der Waals surface area (Å²) >= 11 is 0. The number of aryl methyl sites for hydroxylation is 1. The molecule has 0 bridgehead atoms. The van der Waals surface area contributed by atoms with Gasteiger partial charge in [-0.1, -0.05) is 19.0 Å². The van der Waals surface area contributed by atoms with Crippen molar-refractivity contribution < 1.29 is 4.52 Å². The molecule has 0 fully saturated rings. The van der Waals surface area contributed by atoms with Gasteiger partial charge in [0.25, 0.3) is 5.89 Å². The van der Waals surface area contributed by atoms with Crippen LogP contribution in [0.25, 0.3) is 11.5 Å². The minimum absolute atomic E-state index is 0.293. The van der Waals surface area contributed by atoms with Gasteiger partial charge in [-0.3, -0.25) is 0 Å². The maximum atomic E-state index is 5.32. The fraction of sp³-hybridized carbons (Fsp3) is 0.429. The van der Waals surface area contributed by atoms with Gasteiger partial charge >= 0.3 is 0 Å². The van der Waals surface area contributed by atoms with E-state index in [9.17, 15) is 0 Å². The van der Waals surface area contributed by atoms with Crippen LogP contribution in [0.3, 0.4) is 0 Å². The molecule has 1 aromatic heterocycles. The number of rotatable bonds is 2. The molecule has 0 atom stereocenters. The lowest BCUT2D eigenvalue weighted by Gasteiger charge is -2.17. The van der Waals surface area contributed by atoms with E-state index in [2.05, 4.69) is 41.4 Å². The number of fused-ring (bicyclic) bond motifs is 1. The van der Waals surface area contributed by atoms with E-state index in [1.807, 2.05) is 6.07 Å². The predicted molar refractivity (Wildman–Crippen MR) is 70.6 cm³/mol. The maximum Gasteiger partial charge on any atom is 0.257 e. The Morgan fingerprint density at radius 2 is 2.22 bits per heavy atom. The van der Waals surface area contributed by atoms with Gasteiger partial charge in [-0.2, -0.15) is 4.98 Å². The van der Waals surface area contributed by atoms with Crippen LogP contribution in [-0.2, 0) is 6.42 Å². The Bertz CT molecular complexity index is 560. The van der Waals surface area contributed by atoms with Gasteiger partial charge in [-0.05, 0) is 36.6 Å².